The van der Waals surface area contributed by atoms with Gasteiger partial charge < -0.3 is 4.74 Å². The lowest BCUT2D eigenvalue weighted by molar-refractivity contribution is 0.121. The van der Waals surface area contributed by atoms with Gasteiger partial charge in [-0.15, -0.1) is 6.58 Å². The molecule has 1 fully saturated rings. The Morgan fingerprint density at radius 2 is 1.68 bits per heavy atom. The second-order valence-corrected chi connectivity index (χ2v) is 6.82. The summed E-state index contributed by atoms with van der Waals surface area (Å²) in [6.07, 6.45) is 12.6. The highest BCUT2D eigenvalue weighted by Crippen LogP contribution is 2.33. The normalized spacial score (nSPS) is 21.7. The lowest BCUT2D eigenvalue weighted by Gasteiger charge is -2.27. The van der Waals surface area contributed by atoms with E-state index in [9.17, 15) is 0 Å². The summed E-state index contributed by atoms with van der Waals surface area (Å²) >= 11 is 0. The molecule has 1 saturated carbocycles. The largest absolute Gasteiger partial charge is 0.377 e. The average molecular weight is 300 g/mol. The summed E-state index contributed by atoms with van der Waals surface area (Å²) in [4.78, 5) is 0. The highest BCUT2D eigenvalue weighted by Gasteiger charge is 2.19. The zero-order valence-electron chi connectivity index (χ0n) is 14.2. The Hall–Kier alpha value is -1.08. The third-order valence-corrected chi connectivity index (χ3v) is 4.95. The van der Waals surface area contributed by atoms with Crippen LogP contribution >= 0.6 is 0 Å². The number of rotatable bonds is 9. The van der Waals surface area contributed by atoms with Gasteiger partial charge in [0.2, 0.25) is 0 Å². The SMILES string of the molecule is C=CCC1CCC(CCc2ccc(COCCC)cc2)CC1. The average Bonchev–Trinajstić information content (AvgIpc) is 2.56. The second kappa shape index (κ2) is 9.84. The van der Waals surface area contributed by atoms with Crippen molar-refractivity contribution in [3.8, 4) is 0 Å². The van der Waals surface area contributed by atoms with Gasteiger partial charge in [0.05, 0.1) is 6.61 Å². The van der Waals surface area contributed by atoms with Gasteiger partial charge in [-0.05, 0) is 61.5 Å². The summed E-state index contributed by atoms with van der Waals surface area (Å²) in [5.74, 6) is 1.85. The molecule has 0 amide bonds. The highest BCUT2D eigenvalue weighted by molar-refractivity contribution is 5.22. The van der Waals surface area contributed by atoms with E-state index in [4.69, 9.17) is 4.74 Å². The van der Waals surface area contributed by atoms with Crippen LogP contribution in [0.2, 0.25) is 0 Å². The first-order chi connectivity index (χ1) is 10.8. The quantitative estimate of drug-likeness (QED) is 0.406. The van der Waals surface area contributed by atoms with Gasteiger partial charge in [0.25, 0.3) is 0 Å². The molecular weight excluding hydrogens is 268 g/mol. The molecule has 2 rings (SSSR count). The fourth-order valence-corrected chi connectivity index (χ4v) is 3.50. The smallest absolute Gasteiger partial charge is 0.0716 e. The van der Waals surface area contributed by atoms with Crippen molar-refractivity contribution in [3.63, 3.8) is 0 Å². The molecule has 0 N–H and O–H groups in total. The molecule has 1 aromatic rings. The maximum absolute atomic E-state index is 5.59. The Bertz CT molecular complexity index is 412. The molecule has 0 aromatic heterocycles. The third-order valence-electron chi connectivity index (χ3n) is 4.95. The molecule has 1 aliphatic carbocycles. The van der Waals surface area contributed by atoms with Crippen LogP contribution in [0, 0.1) is 11.8 Å². The van der Waals surface area contributed by atoms with Crippen molar-refractivity contribution in [1.82, 2.24) is 0 Å². The fourth-order valence-electron chi connectivity index (χ4n) is 3.50. The molecule has 122 valence electrons. The van der Waals surface area contributed by atoms with Crippen LogP contribution in [0.25, 0.3) is 0 Å². The summed E-state index contributed by atoms with van der Waals surface area (Å²) in [5.41, 5.74) is 2.77. The van der Waals surface area contributed by atoms with E-state index in [-0.39, 0.29) is 0 Å². The summed E-state index contributed by atoms with van der Waals surface area (Å²) in [6, 6.07) is 9.03. The molecule has 1 aromatic carbocycles. The lowest BCUT2D eigenvalue weighted by Crippen LogP contribution is -2.14. The van der Waals surface area contributed by atoms with Crippen LogP contribution in [0.1, 0.15) is 63.0 Å². The monoisotopic (exact) mass is 300 g/mol. The number of aryl methyl sites for hydroxylation is 1. The van der Waals surface area contributed by atoms with Crippen molar-refractivity contribution in [2.75, 3.05) is 6.61 Å². The fraction of sp³-hybridized carbons (Fsp3) is 0.619. The van der Waals surface area contributed by atoms with Gasteiger partial charge in [-0.2, -0.15) is 0 Å². The van der Waals surface area contributed by atoms with Gasteiger partial charge in [-0.25, -0.2) is 0 Å². The van der Waals surface area contributed by atoms with Gasteiger partial charge in [0.15, 0.2) is 0 Å². The van der Waals surface area contributed by atoms with Gasteiger partial charge in [0, 0.05) is 6.61 Å². The zero-order chi connectivity index (χ0) is 15.6. The van der Waals surface area contributed by atoms with Crippen molar-refractivity contribution in [3.05, 3.63) is 48.0 Å². The molecule has 0 atom stereocenters. The second-order valence-electron chi connectivity index (χ2n) is 6.82. The maximum atomic E-state index is 5.59. The molecule has 0 bridgehead atoms. The standard InChI is InChI=1S/C21H32O/c1-3-5-18-6-8-19(9-7-18)10-11-20-12-14-21(15-13-20)17-22-16-4-2/h3,12-15,18-19H,1,4-11,16-17H2,2H3. The Morgan fingerprint density at radius 1 is 1.05 bits per heavy atom. The van der Waals surface area contributed by atoms with Crippen LogP contribution in [0.4, 0.5) is 0 Å². The van der Waals surface area contributed by atoms with Crippen molar-refractivity contribution >= 4 is 0 Å². The minimum absolute atomic E-state index is 0.751. The molecule has 1 heteroatoms. The van der Waals surface area contributed by atoms with Gasteiger partial charge in [-0.3, -0.25) is 0 Å². The number of benzene rings is 1. The number of hydrogen-bond acceptors (Lipinski definition) is 1. The molecule has 22 heavy (non-hydrogen) atoms. The van der Waals surface area contributed by atoms with Crippen molar-refractivity contribution in [2.24, 2.45) is 11.8 Å². The Labute approximate surface area is 136 Å². The first kappa shape index (κ1) is 17.3. The minimum Gasteiger partial charge on any atom is -0.377 e. The molecule has 1 nitrogen and oxygen atoms in total. The van der Waals surface area contributed by atoms with Crippen LogP contribution in [0.15, 0.2) is 36.9 Å². The highest BCUT2D eigenvalue weighted by atomic mass is 16.5. The van der Waals surface area contributed by atoms with Crippen LogP contribution in [0.5, 0.6) is 0 Å². The van der Waals surface area contributed by atoms with Crippen LogP contribution in [-0.2, 0) is 17.8 Å². The van der Waals surface area contributed by atoms with E-state index in [0.29, 0.717) is 0 Å². The van der Waals surface area contributed by atoms with E-state index in [0.717, 1.165) is 31.5 Å². The number of hydrogen-bond donors (Lipinski definition) is 0. The molecule has 0 spiro atoms. The van der Waals surface area contributed by atoms with E-state index < -0.39 is 0 Å². The van der Waals surface area contributed by atoms with Crippen LogP contribution in [-0.4, -0.2) is 6.61 Å². The minimum atomic E-state index is 0.751. The molecule has 0 unspecified atom stereocenters. The predicted molar refractivity (Wildman–Crippen MR) is 95.0 cm³/mol. The van der Waals surface area contributed by atoms with Crippen molar-refractivity contribution in [1.29, 1.82) is 0 Å². The molecule has 0 heterocycles. The summed E-state index contributed by atoms with van der Waals surface area (Å²) < 4.78 is 5.59. The first-order valence-corrected chi connectivity index (χ1v) is 9.08. The molecule has 1 aliphatic rings. The van der Waals surface area contributed by atoms with E-state index in [1.54, 1.807) is 0 Å². The zero-order valence-corrected chi connectivity index (χ0v) is 14.2. The first-order valence-electron chi connectivity index (χ1n) is 9.08. The molecular formula is C21H32O. The Balaban J connectivity index is 1.67. The van der Waals surface area contributed by atoms with Gasteiger partial charge in [-0.1, -0.05) is 50.1 Å². The van der Waals surface area contributed by atoms with E-state index in [1.165, 1.54) is 56.1 Å². The molecule has 0 saturated heterocycles. The van der Waals surface area contributed by atoms with Crippen LogP contribution < -0.4 is 0 Å². The molecule has 0 radical (unpaired) electrons. The van der Waals surface area contributed by atoms with Crippen LogP contribution in [0.3, 0.4) is 0 Å². The predicted octanol–water partition coefficient (Wildman–Crippen LogP) is 5.93. The van der Waals surface area contributed by atoms with E-state index in [2.05, 4.69) is 43.8 Å². The summed E-state index contributed by atoms with van der Waals surface area (Å²) in [6.45, 7) is 7.63. The molecule has 0 aliphatic heterocycles. The van der Waals surface area contributed by atoms with Gasteiger partial charge >= 0.3 is 0 Å². The van der Waals surface area contributed by atoms with E-state index >= 15 is 0 Å². The Morgan fingerprint density at radius 3 is 2.32 bits per heavy atom. The third kappa shape index (κ3) is 5.96. The summed E-state index contributed by atoms with van der Waals surface area (Å²) in [5, 5.41) is 0. The summed E-state index contributed by atoms with van der Waals surface area (Å²) in [7, 11) is 0. The lowest BCUT2D eigenvalue weighted by atomic mass is 9.78. The number of allylic oxidation sites excluding steroid dienone is 1. The maximum Gasteiger partial charge on any atom is 0.0716 e. The Kier molecular flexibility index (Phi) is 7.73. The van der Waals surface area contributed by atoms with Gasteiger partial charge in [0.1, 0.15) is 0 Å². The topological polar surface area (TPSA) is 9.23 Å². The van der Waals surface area contributed by atoms with Crippen molar-refractivity contribution < 1.29 is 4.74 Å². The van der Waals surface area contributed by atoms with Crippen molar-refractivity contribution in [2.45, 2.75) is 64.9 Å². The number of ether oxygens (including phenoxy) is 1. The van der Waals surface area contributed by atoms with E-state index in [1.807, 2.05) is 0 Å².